The van der Waals surface area contributed by atoms with Crippen LogP contribution in [0.3, 0.4) is 0 Å². The zero-order chi connectivity index (χ0) is 13.0. The monoisotopic (exact) mass is 267 g/mol. The Bertz CT molecular complexity index is 401. The first-order valence-corrected chi connectivity index (χ1v) is 7.15. The molecule has 1 aromatic rings. The summed E-state index contributed by atoms with van der Waals surface area (Å²) in [6.07, 6.45) is 2.42. The molecule has 5 heteroatoms. The number of rotatable bonds is 4. The number of benzene rings is 1. The topological polar surface area (TPSA) is 72.6 Å². The second kappa shape index (κ2) is 6.11. The maximum Gasteiger partial charge on any atom is 0.325 e. The minimum atomic E-state index is -1.02. The molecule has 0 amide bonds. The molecule has 1 atom stereocenters. The third-order valence-corrected chi connectivity index (χ3v) is 4.03. The molecule has 2 rings (SSSR count). The highest BCUT2D eigenvalue weighted by molar-refractivity contribution is 7.99. The van der Waals surface area contributed by atoms with Crippen molar-refractivity contribution < 1.29 is 14.6 Å². The van der Waals surface area contributed by atoms with E-state index in [1.807, 2.05) is 11.8 Å². The first kappa shape index (κ1) is 13.2. The summed E-state index contributed by atoms with van der Waals surface area (Å²) in [5.41, 5.74) is 6.12. The van der Waals surface area contributed by atoms with Crippen LogP contribution >= 0.6 is 11.8 Å². The number of aliphatic carboxylic acids is 1. The van der Waals surface area contributed by atoms with Gasteiger partial charge in [0.1, 0.15) is 17.9 Å². The van der Waals surface area contributed by atoms with Crippen molar-refractivity contribution in [1.82, 2.24) is 0 Å². The third-order valence-electron chi connectivity index (χ3n) is 2.98. The Morgan fingerprint density at radius 1 is 1.33 bits per heavy atom. The summed E-state index contributed by atoms with van der Waals surface area (Å²) >= 11 is 1.96. The summed E-state index contributed by atoms with van der Waals surface area (Å²) in [6, 6.07) is 6.04. The fourth-order valence-electron chi connectivity index (χ4n) is 1.88. The second-order valence-electron chi connectivity index (χ2n) is 4.31. The fourth-order valence-corrected chi connectivity index (χ4v) is 2.95. The van der Waals surface area contributed by atoms with E-state index in [4.69, 9.17) is 15.6 Å². The maximum atomic E-state index is 10.7. The number of hydrogen-bond acceptors (Lipinski definition) is 4. The predicted octanol–water partition coefficient (Wildman–Crippen LogP) is 2.05. The van der Waals surface area contributed by atoms with Crippen LogP contribution in [-0.2, 0) is 4.79 Å². The molecule has 98 valence electrons. The van der Waals surface area contributed by atoms with Crippen LogP contribution in [0.5, 0.6) is 5.75 Å². The zero-order valence-electron chi connectivity index (χ0n) is 10.0. The lowest BCUT2D eigenvalue weighted by molar-refractivity contribution is -0.138. The number of hydrogen-bond donors (Lipinski definition) is 2. The average molecular weight is 267 g/mol. The van der Waals surface area contributed by atoms with E-state index < -0.39 is 12.0 Å². The van der Waals surface area contributed by atoms with E-state index in [9.17, 15) is 4.79 Å². The van der Waals surface area contributed by atoms with Crippen LogP contribution in [0.1, 0.15) is 24.4 Å². The van der Waals surface area contributed by atoms with Gasteiger partial charge in [-0.1, -0.05) is 12.1 Å². The Morgan fingerprint density at radius 2 is 1.94 bits per heavy atom. The van der Waals surface area contributed by atoms with Gasteiger partial charge < -0.3 is 15.6 Å². The summed E-state index contributed by atoms with van der Waals surface area (Å²) in [7, 11) is 0. The van der Waals surface area contributed by atoms with Gasteiger partial charge in [-0.3, -0.25) is 4.79 Å². The Labute approximate surface area is 111 Å². The molecule has 0 spiro atoms. The summed E-state index contributed by atoms with van der Waals surface area (Å²) < 4.78 is 5.85. The van der Waals surface area contributed by atoms with E-state index in [0.717, 1.165) is 30.1 Å². The maximum absolute atomic E-state index is 10.7. The fraction of sp³-hybridized carbons (Fsp3) is 0.462. The quantitative estimate of drug-likeness (QED) is 0.873. The second-order valence-corrected chi connectivity index (χ2v) is 5.54. The molecular formula is C13H17NO3S. The number of nitrogens with two attached hydrogens (primary N) is 1. The first-order chi connectivity index (χ1) is 8.66. The lowest BCUT2D eigenvalue weighted by atomic mass is 10.1. The number of carbonyl (C=O) groups is 1. The van der Waals surface area contributed by atoms with Gasteiger partial charge >= 0.3 is 5.97 Å². The highest BCUT2D eigenvalue weighted by Gasteiger charge is 2.16. The van der Waals surface area contributed by atoms with Gasteiger partial charge in [0, 0.05) is 0 Å². The minimum Gasteiger partial charge on any atom is -0.490 e. The molecule has 0 aliphatic carbocycles. The summed E-state index contributed by atoms with van der Waals surface area (Å²) in [4.78, 5) is 10.7. The molecule has 1 aromatic carbocycles. The van der Waals surface area contributed by atoms with Crippen molar-refractivity contribution in [3.63, 3.8) is 0 Å². The molecule has 0 radical (unpaired) electrons. The molecule has 4 nitrogen and oxygen atoms in total. The van der Waals surface area contributed by atoms with E-state index in [1.165, 1.54) is 0 Å². The van der Waals surface area contributed by atoms with E-state index >= 15 is 0 Å². The van der Waals surface area contributed by atoms with Crippen molar-refractivity contribution in [1.29, 1.82) is 0 Å². The number of thioether (sulfide) groups is 1. The molecule has 0 aromatic heterocycles. The molecule has 1 unspecified atom stereocenters. The molecule has 1 heterocycles. The number of carboxylic acid groups (broad SMARTS) is 1. The lowest BCUT2D eigenvalue weighted by Crippen LogP contribution is -2.22. The Balaban J connectivity index is 1.96. The lowest BCUT2D eigenvalue weighted by Gasteiger charge is -2.22. The highest BCUT2D eigenvalue weighted by atomic mass is 32.2. The van der Waals surface area contributed by atoms with Gasteiger partial charge in [-0.05, 0) is 42.0 Å². The predicted molar refractivity (Wildman–Crippen MR) is 72.0 cm³/mol. The number of carboxylic acids is 1. The van der Waals surface area contributed by atoms with Gasteiger partial charge in [0.05, 0.1) is 0 Å². The first-order valence-electron chi connectivity index (χ1n) is 5.99. The molecule has 3 N–H and O–H groups in total. The molecule has 0 saturated carbocycles. The van der Waals surface area contributed by atoms with Crippen molar-refractivity contribution >= 4 is 17.7 Å². The van der Waals surface area contributed by atoms with Crippen LogP contribution in [0.4, 0.5) is 0 Å². The van der Waals surface area contributed by atoms with Gasteiger partial charge in [0.15, 0.2) is 0 Å². The van der Waals surface area contributed by atoms with E-state index in [0.29, 0.717) is 5.56 Å². The van der Waals surface area contributed by atoms with E-state index in [-0.39, 0.29) is 6.10 Å². The van der Waals surface area contributed by atoms with Crippen LogP contribution in [0, 0.1) is 0 Å². The third kappa shape index (κ3) is 3.40. The van der Waals surface area contributed by atoms with Gasteiger partial charge in [0.25, 0.3) is 0 Å². The van der Waals surface area contributed by atoms with E-state index in [1.54, 1.807) is 24.3 Å². The summed E-state index contributed by atoms with van der Waals surface area (Å²) in [6.45, 7) is 0. The standard InChI is InChI=1S/C13H17NO3S/c14-12(13(15)16)9-1-3-10(4-2-9)17-11-5-7-18-8-6-11/h1-4,11-12H,5-8,14H2,(H,15,16). The van der Waals surface area contributed by atoms with Crippen molar-refractivity contribution in [3.05, 3.63) is 29.8 Å². The summed E-state index contributed by atoms with van der Waals surface area (Å²) in [5.74, 6) is 2.06. The Morgan fingerprint density at radius 3 is 2.50 bits per heavy atom. The smallest absolute Gasteiger partial charge is 0.325 e. The van der Waals surface area contributed by atoms with Crippen molar-refractivity contribution in [2.45, 2.75) is 25.0 Å². The van der Waals surface area contributed by atoms with Gasteiger partial charge in [-0.2, -0.15) is 11.8 Å². The van der Waals surface area contributed by atoms with Crippen LogP contribution in [0.25, 0.3) is 0 Å². The van der Waals surface area contributed by atoms with Crippen molar-refractivity contribution in [2.24, 2.45) is 5.73 Å². The van der Waals surface area contributed by atoms with Crippen LogP contribution in [0.2, 0.25) is 0 Å². The molecular weight excluding hydrogens is 250 g/mol. The normalized spacial score (nSPS) is 18.3. The van der Waals surface area contributed by atoms with Crippen LogP contribution < -0.4 is 10.5 Å². The molecule has 18 heavy (non-hydrogen) atoms. The van der Waals surface area contributed by atoms with Gasteiger partial charge in [-0.15, -0.1) is 0 Å². The Kier molecular flexibility index (Phi) is 4.49. The SMILES string of the molecule is NC(C(=O)O)c1ccc(OC2CCSCC2)cc1. The molecule has 0 bridgehead atoms. The van der Waals surface area contributed by atoms with Gasteiger partial charge in [0.2, 0.25) is 0 Å². The zero-order valence-corrected chi connectivity index (χ0v) is 10.9. The van der Waals surface area contributed by atoms with Gasteiger partial charge in [-0.25, -0.2) is 0 Å². The van der Waals surface area contributed by atoms with E-state index in [2.05, 4.69) is 0 Å². The highest BCUT2D eigenvalue weighted by Crippen LogP contribution is 2.23. The van der Waals surface area contributed by atoms with Crippen molar-refractivity contribution in [2.75, 3.05) is 11.5 Å². The average Bonchev–Trinajstić information content (AvgIpc) is 2.40. The van der Waals surface area contributed by atoms with Crippen LogP contribution in [0.15, 0.2) is 24.3 Å². The molecule has 1 fully saturated rings. The minimum absolute atomic E-state index is 0.283. The molecule has 1 saturated heterocycles. The Hall–Kier alpha value is -1.20. The van der Waals surface area contributed by atoms with Crippen LogP contribution in [-0.4, -0.2) is 28.7 Å². The number of ether oxygens (including phenoxy) is 1. The van der Waals surface area contributed by atoms with Crippen molar-refractivity contribution in [3.8, 4) is 5.75 Å². The largest absolute Gasteiger partial charge is 0.490 e. The summed E-state index contributed by atoms with van der Waals surface area (Å²) in [5, 5.41) is 8.81. The molecule has 1 aliphatic heterocycles. The molecule has 1 aliphatic rings.